The molecule has 140 valence electrons. The normalized spacial score (nSPS) is 16.3. The summed E-state index contributed by atoms with van der Waals surface area (Å²) in [5.74, 6) is -0.673. The van der Waals surface area contributed by atoms with Crippen LogP contribution in [-0.4, -0.2) is 39.5 Å². The van der Waals surface area contributed by atoms with Crippen LogP contribution in [0.25, 0.3) is 10.9 Å². The van der Waals surface area contributed by atoms with Crippen LogP contribution in [0.4, 0.5) is 0 Å². The summed E-state index contributed by atoms with van der Waals surface area (Å²) in [5, 5.41) is 12.3. The summed E-state index contributed by atoms with van der Waals surface area (Å²) >= 11 is 1.61. The second-order valence-electron chi connectivity index (χ2n) is 7.08. The topological polar surface area (TPSA) is 62.5 Å². The summed E-state index contributed by atoms with van der Waals surface area (Å²) in [6, 6.07) is 12.1. The predicted octanol–water partition coefficient (Wildman–Crippen LogP) is 3.35. The maximum atomic E-state index is 12.7. The minimum atomic E-state index is -0.806. The number of aromatic nitrogens is 1. The Balaban J connectivity index is 1.61. The molecule has 3 aromatic rings. The molecule has 1 N–H and O–H groups in total. The van der Waals surface area contributed by atoms with Crippen molar-refractivity contribution in [1.29, 1.82) is 0 Å². The summed E-state index contributed by atoms with van der Waals surface area (Å²) in [6.07, 6.45) is 2.13. The number of aliphatic carboxylic acids is 1. The molecule has 1 amide bonds. The highest BCUT2D eigenvalue weighted by Crippen LogP contribution is 2.32. The Bertz CT molecular complexity index is 990. The fraction of sp³-hybridized carbons (Fsp3) is 0.333. The standard InChI is InChI=1S/C21H22N2O3S/c1-22(20(24)11-15-5-4-10-27-15)14-8-9-19-17(12-21(25)26)16-6-2-3-7-18(16)23(19)13-14/h2-7,10,14H,8-9,11-13H2,1H3,(H,25,26)/t14-/m1/s1. The number of hydrogen-bond donors (Lipinski definition) is 1. The van der Waals surface area contributed by atoms with E-state index in [1.165, 1.54) is 0 Å². The van der Waals surface area contributed by atoms with Gasteiger partial charge in [-0.25, -0.2) is 0 Å². The van der Waals surface area contributed by atoms with Crippen LogP contribution in [0.2, 0.25) is 0 Å². The zero-order valence-corrected chi connectivity index (χ0v) is 16.0. The third-order valence-corrected chi connectivity index (χ3v) is 6.35. The highest BCUT2D eigenvalue weighted by Gasteiger charge is 2.29. The molecule has 4 rings (SSSR count). The molecule has 0 saturated heterocycles. The summed E-state index contributed by atoms with van der Waals surface area (Å²) < 4.78 is 2.22. The van der Waals surface area contributed by atoms with Crippen LogP contribution in [-0.2, 0) is 35.4 Å². The average molecular weight is 382 g/mol. The van der Waals surface area contributed by atoms with Crippen LogP contribution in [0.15, 0.2) is 41.8 Å². The summed E-state index contributed by atoms with van der Waals surface area (Å²) in [4.78, 5) is 27.0. The monoisotopic (exact) mass is 382 g/mol. The largest absolute Gasteiger partial charge is 0.481 e. The van der Waals surface area contributed by atoms with Crippen molar-refractivity contribution in [2.45, 2.75) is 38.3 Å². The molecule has 0 radical (unpaired) electrons. The van der Waals surface area contributed by atoms with Crippen LogP contribution >= 0.6 is 11.3 Å². The Morgan fingerprint density at radius 2 is 2.04 bits per heavy atom. The number of amides is 1. The molecule has 0 unspecified atom stereocenters. The Hall–Kier alpha value is -2.60. The van der Waals surface area contributed by atoms with Gasteiger partial charge in [0.25, 0.3) is 0 Å². The van der Waals surface area contributed by atoms with Crippen LogP contribution in [0.5, 0.6) is 0 Å². The first-order valence-corrected chi connectivity index (χ1v) is 10.0. The number of rotatable bonds is 5. The minimum absolute atomic E-state index is 0.0423. The lowest BCUT2D eigenvalue weighted by Crippen LogP contribution is -2.43. The molecule has 0 fully saturated rings. The molecule has 27 heavy (non-hydrogen) atoms. The SMILES string of the molecule is CN(C(=O)Cc1cccs1)[C@@H]1CCc2c(CC(=O)O)c3ccccc3n2C1. The third-order valence-electron chi connectivity index (χ3n) is 5.48. The van der Waals surface area contributed by atoms with E-state index in [1.807, 2.05) is 53.7 Å². The number of likely N-dealkylation sites (N-methyl/N-ethyl adjacent to an activating group) is 1. The Labute approximate surface area is 161 Å². The van der Waals surface area contributed by atoms with Gasteiger partial charge in [0.1, 0.15) is 0 Å². The van der Waals surface area contributed by atoms with Crippen LogP contribution < -0.4 is 0 Å². The maximum Gasteiger partial charge on any atom is 0.307 e. The van der Waals surface area contributed by atoms with Crippen LogP contribution in [0, 0.1) is 0 Å². The van der Waals surface area contributed by atoms with Crippen molar-refractivity contribution in [2.24, 2.45) is 0 Å². The molecule has 1 aliphatic heterocycles. The van der Waals surface area contributed by atoms with Crippen molar-refractivity contribution in [3.63, 3.8) is 0 Å². The number of carbonyl (C=O) groups is 2. The molecule has 0 aliphatic carbocycles. The second kappa shape index (κ2) is 7.19. The van der Waals surface area contributed by atoms with E-state index >= 15 is 0 Å². The van der Waals surface area contributed by atoms with Crippen LogP contribution in [0.3, 0.4) is 0 Å². The number of benzene rings is 1. The first-order chi connectivity index (χ1) is 13.0. The molecule has 1 atom stereocenters. The van der Waals surface area contributed by atoms with Crippen molar-refractivity contribution in [3.8, 4) is 0 Å². The lowest BCUT2D eigenvalue weighted by Gasteiger charge is -2.33. The lowest BCUT2D eigenvalue weighted by molar-refractivity contribution is -0.136. The van der Waals surface area contributed by atoms with Crippen molar-refractivity contribution >= 4 is 34.1 Å². The Morgan fingerprint density at radius 1 is 1.22 bits per heavy atom. The van der Waals surface area contributed by atoms with E-state index < -0.39 is 5.97 Å². The van der Waals surface area contributed by atoms with E-state index in [-0.39, 0.29) is 18.4 Å². The number of nitrogens with zero attached hydrogens (tertiary/aromatic N) is 2. The van der Waals surface area contributed by atoms with Gasteiger partial charge in [-0.05, 0) is 35.9 Å². The number of carboxylic acids is 1. The van der Waals surface area contributed by atoms with E-state index in [4.69, 9.17) is 0 Å². The van der Waals surface area contributed by atoms with Crippen molar-refractivity contribution in [1.82, 2.24) is 9.47 Å². The number of carbonyl (C=O) groups excluding carboxylic acids is 1. The second-order valence-corrected chi connectivity index (χ2v) is 8.11. The number of carboxylic acid groups (broad SMARTS) is 1. The van der Waals surface area contributed by atoms with Gasteiger partial charge in [0.2, 0.25) is 5.91 Å². The molecule has 2 aromatic heterocycles. The fourth-order valence-electron chi connectivity index (χ4n) is 4.08. The number of para-hydroxylation sites is 1. The zero-order valence-electron chi connectivity index (χ0n) is 15.2. The molecule has 3 heterocycles. The van der Waals surface area contributed by atoms with Gasteiger partial charge in [-0.1, -0.05) is 24.3 Å². The average Bonchev–Trinajstić information content (AvgIpc) is 3.27. The molecular formula is C21H22N2O3S. The molecule has 6 heteroatoms. The van der Waals surface area contributed by atoms with Gasteiger partial charge in [-0.15, -0.1) is 11.3 Å². The van der Waals surface area contributed by atoms with Gasteiger partial charge in [0.05, 0.1) is 12.8 Å². The highest BCUT2D eigenvalue weighted by atomic mass is 32.1. The van der Waals surface area contributed by atoms with Crippen LogP contribution in [0.1, 0.15) is 22.6 Å². The zero-order chi connectivity index (χ0) is 19.0. The van der Waals surface area contributed by atoms with E-state index in [0.29, 0.717) is 13.0 Å². The minimum Gasteiger partial charge on any atom is -0.481 e. The van der Waals surface area contributed by atoms with Crippen molar-refractivity contribution in [3.05, 3.63) is 57.9 Å². The Morgan fingerprint density at radius 3 is 2.78 bits per heavy atom. The van der Waals surface area contributed by atoms with Gasteiger partial charge in [0, 0.05) is 41.1 Å². The first kappa shape index (κ1) is 17.8. The predicted molar refractivity (Wildman–Crippen MR) is 106 cm³/mol. The maximum absolute atomic E-state index is 12.7. The fourth-order valence-corrected chi connectivity index (χ4v) is 4.78. The molecule has 1 aliphatic rings. The number of fused-ring (bicyclic) bond motifs is 3. The number of thiophene rings is 1. The summed E-state index contributed by atoms with van der Waals surface area (Å²) in [5.41, 5.74) is 3.09. The highest BCUT2D eigenvalue weighted by molar-refractivity contribution is 7.10. The van der Waals surface area contributed by atoms with Gasteiger partial charge < -0.3 is 14.6 Å². The van der Waals surface area contributed by atoms with Crippen molar-refractivity contribution < 1.29 is 14.7 Å². The quantitative estimate of drug-likeness (QED) is 0.736. The first-order valence-electron chi connectivity index (χ1n) is 9.13. The van der Waals surface area contributed by atoms with E-state index in [9.17, 15) is 14.7 Å². The van der Waals surface area contributed by atoms with Gasteiger partial charge in [-0.2, -0.15) is 0 Å². The van der Waals surface area contributed by atoms with E-state index in [0.717, 1.165) is 39.9 Å². The molecule has 0 saturated carbocycles. The van der Waals surface area contributed by atoms with Gasteiger partial charge >= 0.3 is 5.97 Å². The third kappa shape index (κ3) is 3.37. The number of hydrogen-bond acceptors (Lipinski definition) is 3. The molecule has 0 spiro atoms. The lowest BCUT2D eigenvalue weighted by atomic mass is 9.99. The smallest absolute Gasteiger partial charge is 0.307 e. The van der Waals surface area contributed by atoms with E-state index in [2.05, 4.69) is 4.57 Å². The molecule has 0 bridgehead atoms. The van der Waals surface area contributed by atoms with Gasteiger partial charge in [-0.3, -0.25) is 9.59 Å². The summed E-state index contributed by atoms with van der Waals surface area (Å²) in [7, 11) is 1.88. The van der Waals surface area contributed by atoms with Gasteiger partial charge in [0.15, 0.2) is 0 Å². The Kier molecular flexibility index (Phi) is 4.74. The molecular weight excluding hydrogens is 360 g/mol. The van der Waals surface area contributed by atoms with E-state index in [1.54, 1.807) is 11.3 Å². The summed E-state index contributed by atoms with van der Waals surface area (Å²) in [6.45, 7) is 0.710. The molecule has 1 aromatic carbocycles. The van der Waals surface area contributed by atoms with Crippen molar-refractivity contribution in [2.75, 3.05) is 7.05 Å². The molecule has 5 nitrogen and oxygen atoms in total.